The standard InChI is InChI=1S/C18H24N4O2.ClH/c1-2-22(17(24)18(19)10-6-3-7-11-18)12-15-20-14-9-5-4-8-13(14)16(23)21-15;/h4-5,8-9H,2-3,6-7,10-12,19H2,1H3,(H,20,21,23);1H. The molecular weight excluding hydrogens is 340 g/mol. The van der Waals surface area contributed by atoms with Gasteiger partial charge in [-0.25, -0.2) is 4.98 Å². The molecule has 3 N–H and O–H groups in total. The van der Waals surface area contributed by atoms with E-state index in [-0.39, 0.29) is 30.4 Å². The summed E-state index contributed by atoms with van der Waals surface area (Å²) in [5.74, 6) is 0.453. The van der Waals surface area contributed by atoms with Gasteiger partial charge in [0, 0.05) is 6.54 Å². The molecule has 7 heteroatoms. The predicted molar refractivity (Wildman–Crippen MR) is 101 cm³/mol. The van der Waals surface area contributed by atoms with Crippen molar-refractivity contribution in [2.45, 2.75) is 51.1 Å². The molecule has 6 nitrogen and oxygen atoms in total. The van der Waals surface area contributed by atoms with E-state index in [9.17, 15) is 9.59 Å². The average molecular weight is 365 g/mol. The number of fused-ring (bicyclic) bond motifs is 1. The van der Waals surface area contributed by atoms with Crippen LogP contribution in [0.1, 0.15) is 44.9 Å². The molecule has 3 rings (SSSR count). The average Bonchev–Trinajstić information content (AvgIpc) is 2.60. The van der Waals surface area contributed by atoms with Crippen molar-refractivity contribution in [1.82, 2.24) is 14.9 Å². The number of hydrogen-bond donors (Lipinski definition) is 2. The summed E-state index contributed by atoms with van der Waals surface area (Å²) in [6, 6.07) is 7.20. The minimum absolute atomic E-state index is 0. The summed E-state index contributed by atoms with van der Waals surface area (Å²) in [5.41, 5.74) is 6.05. The van der Waals surface area contributed by atoms with Crippen molar-refractivity contribution >= 4 is 29.2 Å². The van der Waals surface area contributed by atoms with Crippen LogP contribution in [0.2, 0.25) is 0 Å². The quantitative estimate of drug-likeness (QED) is 0.871. The van der Waals surface area contributed by atoms with E-state index >= 15 is 0 Å². The molecule has 0 bridgehead atoms. The van der Waals surface area contributed by atoms with Crippen molar-refractivity contribution in [3.05, 3.63) is 40.4 Å². The lowest BCUT2D eigenvalue weighted by atomic mass is 9.81. The zero-order valence-electron chi connectivity index (χ0n) is 14.5. The Bertz CT molecular complexity index is 799. The van der Waals surface area contributed by atoms with Crippen LogP contribution in [0.15, 0.2) is 29.1 Å². The van der Waals surface area contributed by atoms with Gasteiger partial charge in [-0.15, -0.1) is 12.4 Å². The molecule has 1 fully saturated rings. The van der Waals surface area contributed by atoms with Gasteiger partial charge in [-0.05, 0) is 31.9 Å². The van der Waals surface area contributed by atoms with Crippen molar-refractivity contribution in [2.75, 3.05) is 6.54 Å². The van der Waals surface area contributed by atoms with Crippen molar-refractivity contribution in [2.24, 2.45) is 5.73 Å². The second kappa shape index (κ2) is 7.97. The van der Waals surface area contributed by atoms with Crippen LogP contribution in [0.3, 0.4) is 0 Å². The van der Waals surface area contributed by atoms with Gasteiger partial charge in [-0.3, -0.25) is 9.59 Å². The fraction of sp³-hybridized carbons (Fsp3) is 0.500. The maximum Gasteiger partial charge on any atom is 0.258 e. The van der Waals surface area contributed by atoms with E-state index in [2.05, 4.69) is 9.97 Å². The molecule has 1 heterocycles. The Labute approximate surface area is 153 Å². The van der Waals surface area contributed by atoms with E-state index in [1.807, 2.05) is 19.1 Å². The summed E-state index contributed by atoms with van der Waals surface area (Å²) in [7, 11) is 0. The number of amides is 1. The van der Waals surface area contributed by atoms with Gasteiger partial charge in [0.05, 0.1) is 23.0 Å². The van der Waals surface area contributed by atoms with Gasteiger partial charge in [-0.1, -0.05) is 31.4 Å². The molecule has 0 unspecified atom stereocenters. The Morgan fingerprint density at radius 2 is 1.96 bits per heavy atom. The second-order valence-corrected chi connectivity index (χ2v) is 6.57. The van der Waals surface area contributed by atoms with Crippen LogP contribution >= 0.6 is 12.4 Å². The van der Waals surface area contributed by atoms with Crippen LogP contribution < -0.4 is 11.3 Å². The minimum Gasteiger partial charge on any atom is -0.334 e. The topological polar surface area (TPSA) is 92.1 Å². The van der Waals surface area contributed by atoms with E-state index in [0.717, 1.165) is 32.1 Å². The molecule has 2 aromatic rings. The van der Waals surface area contributed by atoms with Crippen LogP contribution in [-0.2, 0) is 11.3 Å². The van der Waals surface area contributed by atoms with Gasteiger partial charge in [-0.2, -0.15) is 0 Å². The van der Waals surface area contributed by atoms with Crippen LogP contribution in [0.4, 0.5) is 0 Å². The molecule has 25 heavy (non-hydrogen) atoms. The number of carbonyl (C=O) groups excluding carboxylic acids is 1. The van der Waals surface area contributed by atoms with E-state index in [0.29, 0.717) is 23.3 Å². The van der Waals surface area contributed by atoms with Gasteiger partial charge in [0.15, 0.2) is 0 Å². The Balaban J connectivity index is 0.00000225. The number of para-hydroxylation sites is 1. The third kappa shape index (κ3) is 4.02. The number of nitrogens with one attached hydrogen (secondary N) is 1. The van der Waals surface area contributed by atoms with Gasteiger partial charge in [0.25, 0.3) is 5.56 Å². The van der Waals surface area contributed by atoms with E-state index in [4.69, 9.17) is 5.73 Å². The van der Waals surface area contributed by atoms with E-state index in [1.54, 1.807) is 17.0 Å². The zero-order chi connectivity index (χ0) is 17.2. The molecular formula is C18H25ClN4O2. The Hall–Kier alpha value is -1.92. The lowest BCUT2D eigenvalue weighted by Crippen LogP contribution is -2.56. The van der Waals surface area contributed by atoms with Crippen LogP contribution in [0.5, 0.6) is 0 Å². The Kier molecular flexibility index (Phi) is 6.19. The maximum atomic E-state index is 12.9. The van der Waals surface area contributed by atoms with Gasteiger partial charge in [0.2, 0.25) is 5.91 Å². The summed E-state index contributed by atoms with van der Waals surface area (Å²) < 4.78 is 0. The number of hydrogen-bond acceptors (Lipinski definition) is 4. The van der Waals surface area contributed by atoms with Gasteiger partial charge in [0.1, 0.15) is 5.82 Å². The monoisotopic (exact) mass is 364 g/mol. The molecule has 1 saturated carbocycles. The minimum atomic E-state index is -0.772. The zero-order valence-corrected chi connectivity index (χ0v) is 15.3. The number of nitrogens with zero attached hydrogens (tertiary/aromatic N) is 2. The molecule has 0 atom stereocenters. The van der Waals surface area contributed by atoms with Crippen LogP contribution in [0, 0.1) is 0 Å². The van der Waals surface area contributed by atoms with Gasteiger partial charge < -0.3 is 15.6 Å². The first-order valence-corrected chi connectivity index (χ1v) is 8.60. The predicted octanol–water partition coefficient (Wildman–Crippen LogP) is 2.35. The van der Waals surface area contributed by atoms with Crippen molar-refractivity contribution in [3.8, 4) is 0 Å². The number of aromatic nitrogens is 2. The highest BCUT2D eigenvalue weighted by atomic mass is 35.5. The molecule has 1 aromatic heterocycles. The molecule has 0 radical (unpaired) electrons. The summed E-state index contributed by atoms with van der Waals surface area (Å²) in [4.78, 5) is 34.0. The van der Waals surface area contributed by atoms with Crippen LogP contribution in [-0.4, -0.2) is 32.9 Å². The number of H-pyrrole nitrogens is 1. The number of carbonyl (C=O) groups is 1. The number of halogens is 1. The van der Waals surface area contributed by atoms with Crippen molar-refractivity contribution < 1.29 is 4.79 Å². The highest BCUT2D eigenvalue weighted by molar-refractivity contribution is 5.86. The number of benzene rings is 1. The number of rotatable bonds is 4. The third-order valence-corrected chi connectivity index (χ3v) is 4.84. The summed E-state index contributed by atoms with van der Waals surface area (Å²) in [6.07, 6.45) is 4.57. The lowest BCUT2D eigenvalue weighted by molar-refractivity contribution is -0.138. The Morgan fingerprint density at radius 3 is 2.64 bits per heavy atom. The largest absolute Gasteiger partial charge is 0.334 e. The van der Waals surface area contributed by atoms with Gasteiger partial charge >= 0.3 is 0 Å². The Morgan fingerprint density at radius 1 is 1.28 bits per heavy atom. The molecule has 136 valence electrons. The smallest absolute Gasteiger partial charge is 0.258 e. The number of likely N-dealkylation sites (N-methyl/N-ethyl adjacent to an activating group) is 1. The first-order valence-electron chi connectivity index (χ1n) is 8.60. The molecule has 0 saturated heterocycles. The van der Waals surface area contributed by atoms with Crippen LogP contribution in [0.25, 0.3) is 10.9 Å². The van der Waals surface area contributed by atoms with E-state index < -0.39 is 5.54 Å². The van der Waals surface area contributed by atoms with E-state index in [1.165, 1.54) is 0 Å². The SMILES string of the molecule is CCN(Cc1nc2ccccc2c(=O)[nH]1)C(=O)C1(N)CCCCC1.Cl. The number of nitrogens with two attached hydrogens (primary N) is 1. The molecule has 0 spiro atoms. The molecule has 1 aliphatic rings. The molecule has 1 aromatic carbocycles. The molecule has 1 amide bonds. The first kappa shape index (κ1) is 19.4. The van der Waals surface area contributed by atoms with Crippen molar-refractivity contribution in [3.63, 3.8) is 0 Å². The number of aromatic amines is 1. The first-order chi connectivity index (χ1) is 11.5. The van der Waals surface area contributed by atoms with Crippen molar-refractivity contribution in [1.29, 1.82) is 0 Å². The normalized spacial score (nSPS) is 16.2. The highest BCUT2D eigenvalue weighted by Gasteiger charge is 2.38. The third-order valence-electron chi connectivity index (χ3n) is 4.84. The summed E-state index contributed by atoms with van der Waals surface area (Å²) in [6.45, 7) is 2.73. The molecule has 1 aliphatic carbocycles. The fourth-order valence-electron chi connectivity index (χ4n) is 3.43. The molecule has 0 aliphatic heterocycles. The summed E-state index contributed by atoms with van der Waals surface area (Å²) >= 11 is 0. The highest BCUT2D eigenvalue weighted by Crippen LogP contribution is 2.28. The second-order valence-electron chi connectivity index (χ2n) is 6.57. The maximum absolute atomic E-state index is 12.9. The lowest BCUT2D eigenvalue weighted by Gasteiger charge is -2.36. The summed E-state index contributed by atoms with van der Waals surface area (Å²) in [5, 5.41) is 0.554. The fourth-order valence-corrected chi connectivity index (χ4v) is 3.43.